The second kappa shape index (κ2) is 7.87. The average molecular weight is 321 g/mol. The van der Waals surface area contributed by atoms with Gasteiger partial charge in [0.05, 0.1) is 6.26 Å². The Labute approximate surface area is 134 Å². The van der Waals surface area contributed by atoms with E-state index in [0.29, 0.717) is 22.9 Å². The number of aryl methyl sites for hydroxylation is 1. The highest BCUT2D eigenvalue weighted by Gasteiger charge is 2.06. The van der Waals surface area contributed by atoms with E-state index in [0.717, 1.165) is 23.1 Å². The minimum absolute atomic E-state index is 0.415. The average Bonchev–Trinajstić information content (AvgIpc) is 2.50. The number of halogens is 2. The fourth-order valence-electron chi connectivity index (χ4n) is 2.03. The lowest BCUT2D eigenvalue weighted by molar-refractivity contribution is -0.123. The Hall–Kier alpha value is -1.77. The summed E-state index contributed by atoms with van der Waals surface area (Å²) < 4.78 is 4.79. The molecular weight excluding hydrogens is 307 g/mol. The Morgan fingerprint density at radius 3 is 2.52 bits per heavy atom. The van der Waals surface area contributed by atoms with E-state index in [2.05, 4.69) is 0 Å². The molecule has 0 aromatic heterocycles. The molecule has 2 nitrogen and oxygen atoms in total. The highest BCUT2D eigenvalue weighted by Crippen LogP contribution is 2.26. The van der Waals surface area contributed by atoms with E-state index < -0.39 is 0 Å². The summed E-state index contributed by atoms with van der Waals surface area (Å²) >= 11 is 12.1. The lowest BCUT2D eigenvalue weighted by Gasteiger charge is -2.09. The summed E-state index contributed by atoms with van der Waals surface area (Å²) in [5.74, 6) is 0. The van der Waals surface area contributed by atoms with Crippen LogP contribution < -0.4 is 0 Å². The SMILES string of the molecule is O=CO/C=C(\CCc1ccc(Cl)cc1Cl)c1ccccc1. The molecule has 0 aliphatic heterocycles. The first kappa shape index (κ1) is 15.6. The van der Waals surface area contributed by atoms with E-state index in [-0.39, 0.29) is 0 Å². The molecule has 4 heteroatoms. The maximum Gasteiger partial charge on any atom is 0.297 e. The monoisotopic (exact) mass is 320 g/mol. The van der Waals surface area contributed by atoms with Gasteiger partial charge in [0.15, 0.2) is 0 Å². The van der Waals surface area contributed by atoms with Gasteiger partial charge in [0.1, 0.15) is 0 Å². The molecule has 0 aliphatic carbocycles. The minimum atomic E-state index is 0.415. The van der Waals surface area contributed by atoms with Gasteiger partial charge in [0, 0.05) is 10.0 Å². The first-order chi connectivity index (χ1) is 10.2. The molecule has 0 amide bonds. The molecule has 0 fully saturated rings. The molecule has 2 rings (SSSR count). The number of ether oxygens (including phenoxy) is 1. The Morgan fingerprint density at radius 2 is 1.86 bits per heavy atom. The van der Waals surface area contributed by atoms with Crippen LogP contribution in [-0.2, 0) is 16.0 Å². The predicted molar refractivity (Wildman–Crippen MR) is 86.4 cm³/mol. The van der Waals surface area contributed by atoms with Crippen molar-refractivity contribution in [3.63, 3.8) is 0 Å². The quantitative estimate of drug-likeness (QED) is 0.544. The number of allylic oxidation sites excluding steroid dienone is 1. The minimum Gasteiger partial charge on any atom is -0.436 e. The van der Waals surface area contributed by atoms with Crippen molar-refractivity contribution in [2.45, 2.75) is 12.8 Å². The molecule has 0 atom stereocenters. The van der Waals surface area contributed by atoms with Crippen molar-refractivity contribution in [1.29, 1.82) is 0 Å². The van der Waals surface area contributed by atoms with Crippen LogP contribution in [0.1, 0.15) is 17.5 Å². The van der Waals surface area contributed by atoms with Crippen LogP contribution in [0.4, 0.5) is 0 Å². The third-order valence-electron chi connectivity index (χ3n) is 3.09. The molecule has 0 radical (unpaired) electrons. The van der Waals surface area contributed by atoms with Crippen LogP contribution in [0.2, 0.25) is 10.0 Å². The summed E-state index contributed by atoms with van der Waals surface area (Å²) in [6.07, 6.45) is 2.92. The second-order valence-corrected chi connectivity index (χ2v) is 5.32. The fourth-order valence-corrected chi connectivity index (χ4v) is 2.53. The van der Waals surface area contributed by atoms with E-state index in [9.17, 15) is 4.79 Å². The van der Waals surface area contributed by atoms with Crippen molar-refractivity contribution < 1.29 is 9.53 Å². The van der Waals surface area contributed by atoms with Gasteiger partial charge in [-0.2, -0.15) is 0 Å². The van der Waals surface area contributed by atoms with E-state index >= 15 is 0 Å². The number of rotatable bonds is 6. The van der Waals surface area contributed by atoms with Crippen LogP contribution in [0.5, 0.6) is 0 Å². The number of benzene rings is 2. The maximum absolute atomic E-state index is 10.4. The van der Waals surface area contributed by atoms with Gasteiger partial charge in [-0.1, -0.05) is 59.6 Å². The van der Waals surface area contributed by atoms with Gasteiger partial charge in [-0.3, -0.25) is 4.79 Å². The highest BCUT2D eigenvalue weighted by molar-refractivity contribution is 6.35. The topological polar surface area (TPSA) is 26.3 Å². The van der Waals surface area contributed by atoms with Crippen molar-refractivity contribution >= 4 is 35.2 Å². The van der Waals surface area contributed by atoms with E-state index in [1.165, 1.54) is 6.26 Å². The van der Waals surface area contributed by atoms with Gasteiger partial charge in [0.25, 0.3) is 6.47 Å². The van der Waals surface area contributed by atoms with Gasteiger partial charge < -0.3 is 4.74 Å². The van der Waals surface area contributed by atoms with Gasteiger partial charge >= 0.3 is 0 Å². The first-order valence-corrected chi connectivity index (χ1v) is 7.24. The van der Waals surface area contributed by atoms with Crippen LogP contribution in [0, 0.1) is 0 Å². The molecule has 2 aromatic carbocycles. The summed E-state index contributed by atoms with van der Waals surface area (Å²) in [6.45, 7) is 0.415. The molecule has 0 saturated carbocycles. The van der Waals surface area contributed by atoms with Gasteiger partial charge in [-0.05, 0) is 41.7 Å². The maximum atomic E-state index is 10.4. The zero-order valence-electron chi connectivity index (χ0n) is 11.3. The molecular formula is C17H14Cl2O2. The number of hydrogen-bond donors (Lipinski definition) is 0. The van der Waals surface area contributed by atoms with Crippen LogP contribution in [-0.4, -0.2) is 6.47 Å². The van der Waals surface area contributed by atoms with Crippen LogP contribution in [0.15, 0.2) is 54.8 Å². The van der Waals surface area contributed by atoms with Gasteiger partial charge in [-0.25, -0.2) is 0 Å². The third kappa shape index (κ3) is 4.62. The molecule has 108 valence electrons. The normalized spacial score (nSPS) is 11.2. The largest absolute Gasteiger partial charge is 0.436 e. The summed E-state index contributed by atoms with van der Waals surface area (Å²) in [6, 6.07) is 15.2. The Balaban J connectivity index is 2.14. The summed E-state index contributed by atoms with van der Waals surface area (Å²) in [5, 5.41) is 1.26. The molecule has 0 aliphatic rings. The summed E-state index contributed by atoms with van der Waals surface area (Å²) in [7, 11) is 0. The first-order valence-electron chi connectivity index (χ1n) is 6.48. The fraction of sp³-hybridized carbons (Fsp3) is 0.118. The molecule has 21 heavy (non-hydrogen) atoms. The van der Waals surface area contributed by atoms with Crippen molar-refractivity contribution in [2.24, 2.45) is 0 Å². The van der Waals surface area contributed by atoms with Crippen molar-refractivity contribution in [3.8, 4) is 0 Å². The van der Waals surface area contributed by atoms with Crippen LogP contribution in [0.25, 0.3) is 5.57 Å². The van der Waals surface area contributed by atoms with Crippen molar-refractivity contribution in [1.82, 2.24) is 0 Å². The van der Waals surface area contributed by atoms with Crippen LogP contribution in [0.3, 0.4) is 0 Å². The Bertz CT molecular complexity index is 636. The van der Waals surface area contributed by atoms with Crippen molar-refractivity contribution in [2.75, 3.05) is 0 Å². The zero-order chi connectivity index (χ0) is 15.1. The number of carbonyl (C=O) groups excluding carboxylic acids is 1. The number of carbonyl (C=O) groups is 1. The summed E-state index contributed by atoms with van der Waals surface area (Å²) in [5.41, 5.74) is 2.96. The number of hydrogen-bond acceptors (Lipinski definition) is 2. The lowest BCUT2D eigenvalue weighted by Crippen LogP contribution is -1.92. The van der Waals surface area contributed by atoms with Crippen LogP contribution >= 0.6 is 23.2 Å². The smallest absolute Gasteiger partial charge is 0.297 e. The summed E-state index contributed by atoms with van der Waals surface area (Å²) in [4.78, 5) is 10.4. The lowest BCUT2D eigenvalue weighted by atomic mass is 9.99. The molecule has 0 heterocycles. The standard InChI is InChI=1S/C17H14Cl2O2/c18-16-9-8-14(17(19)10-16)6-7-15(11-21-12-20)13-4-2-1-3-5-13/h1-5,8-12H,6-7H2/b15-11+. The zero-order valence-corrected chi connectivity index (χ0v) is 12.8. The van der Waals surface area contributed by atoms with E-state index in [1.54, 1.807) is 6.07 Å². The highest BCUT2D eigenvalue weighted by atomic mass is 35.5. The predicted octanol–water partition coefficient (Wildman–Crippen LogP) is 5.14. The molecule has 0 unspecified atom stereocenters. The van der Waals surface area contributed by atoms with Gasteiger partial charge in [0.2, 0.25) is 0 Å². The van der Waals surface area contributed by atoms with Crippen molar-refractivity contribution in [3.05, 3.63) is 76.0 Å². The third-order valence-corrected chi connectivity index (χ3v) is 3.68. The van der Waals surface area contributed by atoms with E-state index in [1.807, 2.05) is 42.5 Å². The van der Waals surface area contributed by atoms with E-state index in [4.69, 9.17) is 27.9 Å². The molecule has 0 N–H and O–H groups in total. The molecule has 0 bridgehead atoms. The Kier molecular flexibility index (Phi) is 5.85. The second-order valence-electron chi connectivity index (χ2n) is 4.48. The van der Waals surface area contributed by atoms with Gasteiger partial charge in [-0.15, -0.1) is 0 Å². The Morgan fingerprint density at radius 1 is 1.10 bits per heavy atom. The molecule has 2 aromatic rings. The molecule has 0 spiro atoms. The molecule has 0 saturated heterocycles.